The van der Waals surface area contributed by atoms with Crippen LogP contribution in [0.25, 0.3) is 0 Å². The molecule has 0 unspecified atom stereocenters. The van der Waals surface area contributed by atoms with Crippen molar-refractivity contribution in [3.63, 3.8) is 0 Å². The molecule has 0 aromatic rings. The molecule has 1 heterocycles. The Hall–Kier alpha value is -1.14. The zero-order valence-corrected chi connectivity index (χ0v) is 7.90. The molecule has 0 bridgehead atoms. The molecule has 6 heteroatoms. The van der Waals surface area contributed by atoms with Crippen molar-refractivity contribution in [1.29, 1.82) is 0 Å². The van der Waals surface area contributed by atoms with Crippen LogP contribution in [0.15, 0.2) is 0 Å². The van der Waals surface area contributed by atoms with Crippen LogP contribution in [0, 0.1) is 0 Å². The first kappa shape index (κ1) is 10.9. The van der Waals surface area contributed by atoms with E-state index in [1.807, 2.05) is 0 Å². The fourth-order valence-corrected chi connectivity index (χ4v) is 1.60. The average Bonchev–Trinajstić information content (AvgIpc) is 2.16. The number of hydrogen-bond donors (Lipinski definition) is 3. The summed E-state index contributed by atoms with van der Waals surface area (Å²) in [4.78, 5) is 23.5. The monoisotopic (exact) mass is 201 g/mol. The van der Waals surface area contributed by atoms with E-state index < -0.39 is 11.5 Å². The zero-order valence-electron chi connectivity index (χ0n) is 7.90. The lowest BCUT2D eigenvalue weighted by molar-refractivity contribution is -0.147. The van der Waals surface area contributed by atoms with Crippen LogP contribution in [0.2, 0.25) is 0 Å². The van der Waals surface area contributed by atoms with E-state index >= 15 is 0 Å². The summed E-state index contributed by atoms with van der Waals surface area (Å²) in [7, 11) is 0. The van der Waals surface area contributed by atoms with Crippen LogP contribution in [-0.4, -0.2) is 47.1 Å². The van der Waals surface area contributed by atoms with Crippen LogP contribution in [0.1, 0.15) is 12.8 Å². The van der Waals surface area contributed by atoms with E-state index in [0.717, 1.165) is 0 Å². The van der Waals surface area contributed by atoms with Gasteiger partial charge in [0, 0.05) is 13.1 Å². The number of carbonyl (C=O) groups is 2. The van der Waals surface area contributed by atoms with E-state index in [2.05, 4.69) is 0 Å². The minimum Gasteiger partial charge on any atom is -0.480 e. The SMILES string of the molecule is NCC(=O)N1CCC[C@](N)(C(=O)O)C1. The van der Waals surface area contributed by atoms with Gasteiger partial charge in [-0.25, -0.2) is 0 Å². The highest BCUT2D eigenvalue weighted by Gasteiger charge is 2.39. The number of rotatable bonds is 2. The van der Waals surface area contributed by atoms with Gasteiger partial charge < -0.3 is 21.5 Å². The fourth-order valence-electron chi connectivity index (χ4n) is 1.60. The Morgan fingerprint density at radius 1 is 1.50 bits per heavy atom. The van der Waals surface area contributed by atoms with Crippen LogP contribution >= 0.6 is 0 Å². The standard InChI is InChI=1S/C8H15N3O3/c9-4-6(12)11-3-1-2-8(10,5-11)7(13)14/h1-5,9-10H2,(H,13,14)/t8-/m1/s1. The third-order valence-electron chi connectivity index (χ3n) is 2.48. The van der Waals surface area contributed by atoms with Crippen molar-refractivity contribution < 1.29 is 14.7 Å². The van der Waals surface area contributed by atoms with Crippen molar-refractivity contribution >= 4 is 11.9 Å². The minimum atomic E-state index is -1.30. The molecule has 1 rings (SSSR count). The first-order valence-electron chi connectivity index (χ1n) is 4.50. The van der Waals surface area contributed by atoms with Gasteiger partial charge in [-0.3, -0.25) is 9.59 Å². The molecule has 0 aromatic heterocycles. The number of amides is 1. The van der Waals surface area contributed by atoms with Crippen LogP contribution in [0.3, 0.4) is 0 Å². The Morgan fingerprint density at radius 3 is 2.64 bits per heavy atom. The van der Waals surface area contributed by atoms with Crippen LogP contribution < -0.4 is 11.5 Å². The predicted octanol–water partition coefficient (Wildman–Crippen LogP) is -1.65. The number of carbonyl (C=O) groups excluding carboxylic acids is 1. The quantitative estimate of drug-likeness (QED) is 0.496. The van der Waals surface area contributed by atoms with Crippen LogP contribution in [-0.2, 0) is 9.59 Å². The van der Waals surface area contributed by atoms with Gasteiger partial charge in [0.15, 0.2) is 0 Å². The third kappa shape index (κ3) is 2.02. The second-order valence-electron chi connectivity index (χ2n) is 3.58. The Morgan fingerprint density at radius 2 is 2.14 bits per heavy atom. The lowest BCUT2D eigenvalue weighted by Crippen LogP contribution is -2.61. The molecule has 0 radical (unpaired) electrons. The molecule has 0 aromatic carbocycles. The number of nitrogens with zero attached hydrogens (tertiary/aromatic N) is 1. The molecule has 80 valence electrons. The first-order valence-corrected chi connectivity index (χ1v) is 4.50. The Bertz CT molecular complexity index is 256. The minimum absolute atomic E-state index is 0.0539. The van der Waals surface area contributed by atoms with Gasteiger partial charge in [0.2, 0.25) is 5.91 Å². The van der Waals surface area contributed by atoms with Crippen molar-refractivity contribution in [3.8, 4) is 0 Å². The molecule has 6 nitrogen and oxygen atoms in total. The Balaban J connectivity index is 2.69. The maximum absolute atomic E-state index is 11.2. The zero-order chi connectivity index (χ0) is 10.8. The van der Waals surface area contributed by atoms with Gasteiger partial charge in [0.25, 0.3) is 0 Å². The summed E-state index contributed by atoms with van der Waals surface area (Å²) in [6.45, 7) is 0.496. The van der Waals surface area contributed by atoms with Crippen molar-refractivity contribution in [2.24, 2.45) is 11.5 Å². The first-order chi connectivity index (χ1) is 6.49. The Labute approximate surface area is 81.8 Å². The molecule has 0 saturated carbocycles. The van der Waals surface area contributed by atoms with Gasteiger partial charge in [-0.1, -0.05) is 0 Å². The molecule has 0 spiro atoms. The summed E-state index contributed by atoms with van der Waals surface area (Å²) in [5.74, 6) is -1.31. The summed E-state index contributed by atoms with van der Waals surface area (Å²) >= 11 is 0. The van der Waals surface area contributed by atoms with E-state index in [-0.39, 0.29) is 19.0 Å². The van der Waals surface area contributed by atoms with Gasteiger partial charge in [-0.15, -0.1) is 0 Å². The molecular formula is C8H15N3O3. The second-order valence-corrected chi connectivity index (χ2v) is 3.58. The molecule has 1 fully saturated rings. The van der Waals surface area contributed by atoms with Crippen molar-refractivity contribution in [3.05, 3.63) is 0 Å². The highest BCUT2D eigenvalue weighted by atomic mass is 16.4. The normalized spacial score (nSPS) is 27.4. The number of likely N-dealkylation sites (tertiary alicyclic amines) is 1. The molecular weight excluding hydrogens is 186 g/mol. The molecule has 1 aliphatic heterocycles. The van der Waals surface area contributed by atoms with E-state index in [4.69, 9.17) is 16.6 Å². The largest absolute Gasteiger partial charge is 0.480 e. The summed E-state index contributed by atoms with van der Waals surface area (Å²) in [5, 5.41) is 8.88. The molecule has 1 atom stereocenters. The third-order valence-corrected chi connectivity index (χ3v) is 2.48. The average molecular weight is 201 g/mol. The molecule has 1 amide bonds. The lowest BCUT2D eigenvalue weighted by Gasteiger charge is -2.37. The van der Waals surface area contributed by atoms with E-state index in [0.29, 0.717) is 19.4 Å². The van der Waals surface area contributed by atoms with Gasteiger partial charge in [-0.05, 0) is 12.8 Å². The fraction of sp³-hybridized carbons (Fsp3) is 0.750. The highest BCUT2D eigenvalue weighted by Crippen LogP contribution is 2.18. The topological polar surface area (TPSA) is 110 Å². The maximum Gasteiger partial charge on any atom is 0.325 e. The number of piperidine rings is 1. The summed E-state index contributed by atoms with van der Waals surface area (Å²) in [6, 6.07) is 0. The maximum atomic E-state index is 11.2. The van der Waals surface area contributed by atoms with Gasteiger partial charge >= 0.3 is 5.97 Å². The molecule has 1 saturated heterocycles. The predicted molar refractivity (Wildman–Crippen MR) is 49.4 cm³/mol. The lowest BCUT2D eigenvalue weighted by atomic mass is 9.90. The van der Waals surface area contributed by atoms with Crippen LogP contribution in [0.5, 0.6) is 0 Å². The molecule has 5 N–H and O–H groups in total. The van der Waals surface area contributed by atoms with E-state index in [1.165, 1.54) is 4.90 Å². The molecule has 1 aliphatic rings. The van der Waals surface area contributed by atoms with Gasteiger partial charge in [0.1, 0.15) is 5.54 Å². The highest BCUT2D eigenvalue weighted by molar-refractivity contribution is 5.82. The molecule has 14 heavy (non-hydrogen) atoms. The molecule has 0 aliphatic carbocycles. The van der Waals surface area contributed by atoms with Crippen molar-refractivity contribution in [1.82, 2.24) is 4.90 Å². The number of aliphatic carboxylic acids is 1. The van der Waals surface area contributed by atoms with Crippen molar-refractivity contribution in [2.75, 3.05) is 19.6 Å². The number of carboxylic acid groups (broad SMARTS) is 1. The van der Waals surface area contributed by atoms with Crippen molar-refractivity contribution in [2.45, 2.75) is 18.4 Å². The van der Waals surface area contributed by atoms with Gasteiger partial charge in [0.05, 0.1) is 6.54 Å². The smallest absolute Gasteiger partial charge is 0.325 e. The number of nitrogens with two attached hydrogens (primary N) is 2. The second kappa shape index (κ2) is 3.93. The number of carboxylic acids is 1. The van der Waals surface area contributed by atoms with Gasteiger partial charge in [-0.2, -0.15) is 0 Å². The summed E-state index contributed by atoms with van der Waals surface area (Å²) in [5.41, 5.74) is 9.54. The van der Waals surface area contributed by atoms with E-state index in [9.17, 15) is 9.59 Å². The van der Waals surface area contributed by atoms with E-state index in [1.54, 1.807) is 0 Å². The summed E-state index contributed by atoms with van der Waals surface area (Å²) < 4.78 is 0. The Kier molecular flexibility index (Phi) is 3.07. The number of hydrogen-bond acceptors (Lipinski definition) is 4. The van der Waals surface area contributed by atoms with Crippen LogP contribution in [0.4, 0.5) is 0 Å². The summed E-state index contributed by atoms with van der Waals surface area (Å²) in [6.07, 6.45) is 1.01.